The SMILES string of the molecule is CC(C)n1ccnc1[C@H](N)[C@@H]1CCCOC1. The van der Waals surface area contributed by atoms with Gasteiger partial charge in [0.05, 0.1) is 12.6 Å². The lowest BCUT2D eigenvalue weighted by Gasteiger charge is -2.28. The molecule has 0 spiro atoms. The first-order valence-corrected chi connectivity index (χ1v) is 6.06. The van der Waals surface area contributed by atoms with Gasteiger partial charge in [0.25, 0.3) is 0 Å². The van der Waals surface area contributed by atoms with Crippen LogP contribution in [0.4, 0.5) is 0 Å². The fourth-order valence-electron chi connectivity index (χ4n) is 2.28. The molecule has 0 aliphatic carbocycles. The van der Waals surface area contributed by atoms with E-state index in [1.165, 1.54) is 0 Å². The van der Waals surface area contributed by atoms with Crippen LogP contribution in [-0.4, -0.2) is 22.8 Å². The molecule has 0 amide bonds. The van der Waals surface area contributed by atoms with E-state index in [0.717, 1.165) is 31.9 Å². The van der Waals surface area contributed by atoms with Crippen LogP contribution in [0.15, 0.2) is 12.4 Å². The van der Waals surface area contributed by atoms with Crippen LogP contribution in [0, 0.1) is 5.92 Å². The van der Waals surface area contributed by atoms with Crippen molar-refractivity contribution in [3.63, 3.8) is 0 Å². The molecule has 16 heavy (non-hydrogen) atoms. The predicted octanol–water partition coefficient (Wildman–Crippen LogP) is 1.89. The number of nitrogens with zero attached hydrogens (tertiary/aromatic N) is 2. The average Bonchev–Trinajstić information content (AvgIpc) is 2.78. The molecule has 0 bridgehead atoms. The quantitative estimate of drug-likeness (QED) is 0.851. The maximum Gasteiger partial charge on any atom is 0.126 e. The molecular formula is C12H21N3O. The van der Waals surface area contributed by atoms with Gasteiger partial charge in [-0.15, -0.1) is 0 Å². The van der Waals surface area contributed by atoms with E-state index in [9.17, 15) is 0 Å². The lowest BCUT2D eigenvalue weighted by Crippen LogP contribution is -2.31. The molecule has 1 saturated heterocycles. The highest BCUT2D eigenvalue weighted by Gasteiger charge is 2.25. The number of aromatic nitrogens is 2. The van der Waals surface area contributed by atoms with Crippen molar-refractivity contribution in [3.05, 3.63) is 18.2 Å². The van der Waals surface area contributed by atoms with E-state index in [4.69, 9.17) is 10.5 Å². The highest BCUT2D eigenvalue weighted by Crippen LogP contribution is 2.27. The van der Waals surface area contributed by atoms with Gasteiger partial charge in [0, 0.05) is 31.0 Å². The second-order valence-electron chi connectivity index (χ2n) is 4.79. The number of nitrogens with two attached hydrogens (primary N) is 1. The van der Waals surface area contributed by atoms with E-state index in [1.54, 1.807) is 0 Å². The number of ether oxygens (including phenoxy) is 1. The highest BCUT2D eigenvalue weighted by atomic mass is 16.5. The summed E-state index contributed by atoms with van der Waals surface area (Å²) in [6.45, 7) is 5.94. The number of rotatable bonds is 3. The van der Waals surface area contributed by atoms with Gasteiger partial charge in [-0.1, -0.05) is 0 Å². The molecule has 1 fully saturated rings. The summed E-state index contributed by atoms with van der Waals surface area (Å²) < 4.78 is 7.64. The largest absolute Gasteiger partial charge is 0.381 e. The normalized spacial score (nSPS) is 23.6. The average molecular weight is 223 g/mol. The molecule has 4 heteroatoms. The smallest absolute Gasteiger partial charge is 0.126 e. The first kappa shape index (κ1) is 11.6. The lowest BCUT2D eigenvalue weighted by atomic mass is 9.93. The first-order chi connectivity index (χ1) is 7.70. The van der Waals surface area contributed by atoms with Crippen LogP contribution in [0.1, 0.15) is 44.6 Å². The van der Waals surface area contributed by atoms with Crippen LogP contribution in [0.2, 0.25) is 0 Å². The molecule has 2 atom stereocenters. The maximum atomic E-state index is 6.29. The van der Waals surface area contributed by atoms with E-state index in [2.05, 4.69) is 23.4 Å². The van der Waals surface area contributed by atoms with Gasteiger partial charge in [0.15, 0.2) is 0 Å². The maximum absolute atomic E-state index is 6.29. The monoisotopic (exact) mass is 223 g/mol. The molecule has 2 heterocycles. The summed E-state index contributed by atoms with van der Waals surface area (Å²) in [5.41, 5.74) is 6.29. The minimum atomic E-state index is -0.00213. The van der Waals surface area contributed by atoms with Crippen LogP contribution in [-0.2, 0) is 4.74 Å². The summed E-state index contributed by atoms with van der Waals surface area (Å²) in [6.07, 6.45) is 6.09. The zero-order valence-corrected chi connectivity index (χ0v) is 10.1. The predicted molar refractivity (Wildman–Crippen MR) is 63.1 cm³/mol. The molecule has 90 valence electrons. The topological polar surface area (TPSA) is 53.1 Å². The highest BCUT2D eigenvalue weighted by molar-refractivity contribution is 5.02. The molecule has 0 saturated carbocycles. The standard InChI is InChI=1S/C12H21N3O/c1-9(2)15-6-5-14-12(15)11(13)10-4-3-7-16-8-10/h5-6,9-11H,3-4,7-8,13H2,1-2H3/t10-,11-/m1/s1. The molecule has 2 N–H and O–H groups in total. The molecule has 0 unspecified atom stereocenters. The van der Waals surface area contributed by atoms with Crippen LogP contribution in [0.25, 0.3) is 0 Å². The van der Waals surface area contributed by atoms with E-state index in [-0.39, 0.29) is 6.04 Å². The Hall–Kier alpha value is -0.870. The van der Waals surface area contributed by atoms with Crippen molar-refractivity contribution < 1.29 is 4.74 Å². The summed E-state index contributed by atoms with van der Waals surface area (Å²) in [4.78, 5) is 4.39. The van der Waals surface area contributed by atoms with Crippen LogP contribution in [0.3, 0.4) is 0 Å². The van der Waals surface area contributed by atoms with Crippen molar-refractivity contribution in [1.82, 2.24) is 9.55 Å². The summed E-state index contributed by atoms with van der Waals surface area (Å²) in [7, 11) is 0. The zero-order chi connectivity index (χ0) is 11.5. The third kappa shape index (κ3) is 2.28. The van der Waals surface area contributed by atoms with Gasteiger partial charge in [0.2, 0.25) is 0 Å². The summed E-state index contributed by atoms with van der Waals surface area (Å²) in [6, 6.07) is 0.408. The summed E-state index contributed by atoms with van der Waals surface area (Å²) >= 11 is 0. The van der Waals surface area contributed by atoms with Gasteiger partial charge in [-0.2, -0.15) is 0 Å². The number of hydrogen-bond acceptors (Lipinski definition) is 3. The fraction of sp³-hybridized carbons (Fsp3) is 0.750. The Kier molecular flexibility index (Phi) is 3.61. The second kappa shape index (κ2) is 4.97. The van der Waals surface area contributed by atoms with Crippen LogP contribution < -0.4 is 5.73 Å². The van der Waals surface area contributed by atoms with Gasteiger partial charge in [-0.05, 0) is 26.7 Å². The van der Waals surface area contributed by atoms with Crippen molar-refractivity contribution in [2.75, 3.05) is 13.2 Å². The van der Waals surface area contributed by atoms with Gasteiger partial charge >= 0.3 is 0 Å². The molecule has 2 rings (SSSR count). The molecule has 1 aliphatic rings. The molecular weight excluding hydrogens is 202 g/mol. The minimum absolute atomic E-state index is 0.00213. The molecule has 0 aromatic carbocycles. The number of hydrogen-bond donors (Lipinski definition) is 1. The summed E-state index contributed by atoms with van der Waals surface area (Å²) in [5, 5.41) is 0. The third-order valence-electron chi connectivity index (χ3n) is 3.26. The Morgan fingerprint density at radius 3 is 3.00 bits per heavy atom. The van der Waals surface area contributed by atoms with Gasteiger partial charge in [0.1, 0.15) is 5.82 Å². The summed E-state index contributed by atoms with van der Waals surface area (Å²) in [5.74, 6) is 1.40. The van der Waals surface area contributed by atoms with Crippen molar-refractivity contribution in [2.45, 2.75) is 38.8 Å². The molecule has 1 aliphatic heterocycles. The Morgan fingerprint density at radius 1 is 1.56 bits per heavy atom. The van der Waals surface area contributed by atoms with Gasteiger partial charge < -0.3 is 15.0 Å². The first-order valence-electron chi connectivity index (χ1n) is 6.06. The lowest BCUT2D eigenvalue weighted by molar-refractivity contribution is 0.0430. The van der Waals surface area contributed by atoms with E-state index in [1.807, 2.05) is 12.4 Å². The molecule has 0 radical (unpaired) electrons. The van der Waals surface area contributed by atoms with Crippen molar-refractivity contribution in [1.29, 1.82) is 0 Å². The molecule has 1 aromatic heterocycles. The second-order valence-corrected chi connectivity index (χ2v) is 4.79. The molecule has 4 nitrogen and oxygen atoms in total. The van der Waals surface area contributed by atoms with Crippen molar-refractivity contribution >= 4 is 0 Å². The molecule has 1 aromatic rings. The van der Waals surface area contributed by atoms with Gasteiger partial charge in [-0.3, -0.25) is 0 Å². The van der Waals surface area contributed by atoms with Crippen molar-refractivity contribution in [2.24, 2.45) is 11.7 Å². The fourth-order valence-corrected chi connectivity index (χ4v) is 2.28. The Morgan fingerprint density at radius 2 is 2.38 bits per heavy atom. The van der Waals surface area contributed by atoms with Gasteiger partial charge in [-0.25, -0.2) is 4.98 Å². The third-order valence-corrected chi connectivity index (χ3v) is 3.26. The Balaban J connectivity index is 2.12. The van der Waals surface area contributed by atoms with Crippen LogP contribution >= 0.6 is 0 Å². The Labute approximate surface area is 96.8 Å². The van der Waals surface area contributed by atoms with Crippen LogP contribution in [0.5, 0.6) is 0 Å². The Bertz CT molecular complexity index is 329. The minimum Gasteiger partial charge on any atom is -0.381 e. The van der Waals surface area contributed by atoms with E-state index >= 15 is 0 Å². The van der Waals surface area contributed by atoms with E-state index in [0.29, 0.717) is 12.0 Å². The van der Waals surface area contributed by atoms with E-state index < -0.39 is 0 Å². The number of imidazole rings is 1. The zero-order valence-electron chi connectivity index (χ0n) is 10.1. The van der Waals surface area contributed by atoms with Crippen molar-refractivity contribution in [3.8, 4) is 0 Å².